The second-order valence-electron chi connectivity index (χ2n) is 4.94. The third-order valence-electron chi connectivity index (χ3n) is 3.19. The molecule has 1 aromatic carbocycles. The van der Waals surface area contributed by atoms with Gasteiger partial charge in [-0.25, -0.2) is 9.67 Å². The first-order valence-electron chi connectivity index (χ1n) is 6.86. The van der Waals surface area contributed by atoms with Crippen molar-refractivity contribution in [1.82, 2.24) is 14.8 Å². The number of nitrogens with zero attached hydrogens (tertiary/aromatic N) is 3. The molecule has 0 radical (unpaired) electrons. The number of pyridine rings is 1. The monoisotopic (exact) mass is 318 g/mol. The maximum absolute atomic E-state index is 13.2. The van der Waals surface area contributed by atoms with Gasteiger partial charge in [-0.3, -0.25) is 0 Å². The SMILES string of the molecule is Cc1cc(Nc2ccccn2)n(-c2ccccc2C(F)(F)F)n1. The van der Waals surface area contributed by atoms with E-state index in [4.69, 9.17) is 0 Å². The summed E-state index contributed by atoms with van der Waals surface area (Å²) in [7, 11) is 0. The van der Waals surface area contributed by atoms with Gasteiger partial charge in [0.2, 0.25) is 0 Å². The van der Waals surface area contributed by atoms with Crippen molar-refractivity contribution in [3.8, 4) is 5.69 Å². The van der Waals surface area contributed by atoms with E-state index in [1.165, 1.54) is 16.8 Å². The van der Waals surface area contributed by atoms with Crippen molar-refractivity contribution in [3.05, 3.63) is 66.0 Å². The first kappa shape index (κ1) is 15.1. The number of para-hydroxylation sites is 1. The molecule has 2 heterocycles. The van der Waals surface area contributed by atoms with Crippen LogP contribution >= 0.6 is 0 Å². The largest absolute Gasteiger partial charge is 0.418 e. The van der Waals surface area contributed by atoms with Crippen LogP contribution in [0.5, 0.6) is 0 Å². The van der Waals surface area contributed by atoms with Crippen LogP contribution in [0.15, 0.2) is 54.7 Å². The zero-order valence-corrected chi connectivity index (χ0v) is 12.2. The minimum absolute atomic E-state index is 0.0356. The number of hydrogen-bond donors (Lipinski definition) is 1. The molecule has 0 fully saturated rings. The molecule has 0 atom stereocenters. The predicted molar refractivity (Wildman–Crippen MR) is 80.8 cm³/mol. The molecule has 23 heavy (non-hydrogen) atoms. The van der Waals surface area contributed by atoms with E-state index in [0.29, 0.717) is 17.3 Å². The van der Waals surface area contributed by atoms with E-state index in [1.54, 1.807) is 43.5 Å². The molecule has 1 N–H and O–H groups in total. The summed E-state index contributed by atoms with van der Waals surface area (Å²) in [6, 6.07) is 12.3. The molecule has 118 valence electrons. The van der Waals surface area contributed by atoms with Crippen LogP contribution in [-0.4, -0.2) is 14.8 Å². The number of halogens is 3. The normalized spacial score (nSPS) is 11.5. The van der Waals surface area contributed by atoms with Gasteiger partial charge in [-0.15, -0.1) is 0 Å². The summed E-state index contributed by atoms with van der Waals surface area (Å²) in [6.45, 7) is 1.72. The fourth-order valence-corrected chi connectivity index (χ4v) is 2.24. The van der Waals surface area contributed by atoms with E-state index in [-0.39, 0.29) is 5.69 Å². The highest BCUT2D eigenvalue weighted by Crippen LogP contribution is 2.35. The zero-order valence-electron chi connectivity index (χ0n) is 12.2. The molecular formula is C16H13F3N4. The van der Waals surface area contributed by atoms with Crippen molar-refractivity contribution >= 4 is 11.6 Å². The van der Waals surface area contributed by atoms with Gasteiger partial charge >= 0.3 is 6.18 Å². The summed E-state index contributed by atoms with van der Waals surface area (Å²) in [4.78, 5) is 4.11. The van der Waals surface area contributed by atoms with Crippen molar-refractivity contribution < 1.29 is 13.2 Å². The minimum atomic E-state index is -4.46. The van der Waals surface area contributed by atoms with Gasteiger partial charge in [0.25, 0.3) is 0 Å². The quantitative estimate of drug-likeness (QED) is 0.781. The molecular weight excluding hydrogens is 305 g/mol. The van der Waals surface area contributed by atoms with Crippen molar-refractivity contribution in [2.24, 2.45) is 0 Å². The average Bonchev–Trinajstić information content (AvgIpc) is 2.88. The Morgan fingerprint density at radius 1 is 1.04 bits per heavy atom. The zero-order chi connectivity index (χ0) is 16.4. The molecule has 0 unspecified atom stereocenters. The average molecular weight is 318 g/mol. The molecule has 7 heteroatoms. The summed E-state index contributed by atoms with van der Waals surface area (Å²) in [6.07, 6.45) is -2.86. The Labute approximate surface area is 130 Å². The second-order valence-corrected chi connectivity index (χ2v) is 4.94. The van der Waals surface area contributed by atoms with Gasteiger partial charge < -0.3 is 5.32 Å². The van der Waals surface area contributed by atoms with Crippen molar-refractivity contribution in [1.29, 1.82) is 0 Å². The Morgan fingerprint density at radius 2 is 1.78 bits per heavy atom. The molecule has 2 aromatic heterocycles. The van der Waals surface area contributed by atoms with Crippen LogP contribution in [0.2, 0.25) is 0 Å². The molecule has 0 aliphatic carbocycles. The third-order valence-corrected chi connectivity index (χ3v) is 3.19. The Balaban J connectivity index is 2.08. The lowest BCUT2D eigenvalue weighted by Crippen LogP contribution is -2.12. The number of alkyl halides is 3. The summed E-state index contributed by atoms with van der Waals surface area (Å²) in [5.41, 5.74) is -0.181. The Bertz CT molecular complexity index is 810. The van der Waals surface area contributed by atoms with Crippen molar-refractivity contribution in [2.45, 2.75) is 13.1 Å². The second kappa shape index (κ2) is 5.75. The smallest absolute Gasteiger partial charge is 0.325 e. The number of hydrogen-bond acceptors (Lipinski definition) is 3. The highest BCUT2D eigenvalue weighted by Gasteiger charge is 2.34. The van der Waals surface area contributed by atoms with Crippen LogP contribution in [0.4, 0.5) is 24.8 Å². The Hall–Kier alpha value is -2.83. The standard InChI is InChI=1S/C16H13F3N4/c1-11-10-15(21-14-8-4-5-9-20-14)23(22-11)13-7-3-2-6-12(13)16(17,18)19/h2-10H,1H3,(H,20,21). The first-order valence-corrected chi connectivity index (χ1v) is 6.86. The van der Waals surface area contributed by atoms with Crippen LogP contribution < -0.4 is 5.32 Å². The Morgan fingerprint density at radius 3 is 2.48 bits per heavy atom. The van der Waals surface area contributed by atoms with E-state index >= 15 is 0 Å². The Kier molecular flexibility index (Phi) is 3.77. The highest BCUT2D eigenvalue weighted by atomic mass is 19.4. The van der Waals surface area contributed by atoms with Gasteiger partial charge in [-0.05, 0) is 31.2 Å². The van der Waals surface area contributed by atoms with E-state index in [2.05, 4.69) is 15.4 Å². The molecule has 0 bridgehead atoms. The molecule has 4 nitrogen and oxygen atoms in total. The number of rotatable bonds is 3. The third kappa shape index (κ3) is 3.18. The highest BCUT2D eigenvalue weighted by molar-refractivity contribution is 5.57. The molecule has 3 rings (SSSR count). The number of aromatic nitrogens is 3. The van der Waals surface area contributed by atoms with Gasteiger partial charge in [-0.2, -0.15) is 18.3 Å². The molecule has 0 aliphatic rings. The lowest BCUT2D eigenvalue weighted by Gasteiger charge is -2.15. The van der Waals surface area contributed by atoms with E-state index in [0.717, 1.165) is 6.07 Å². The molecule has 0 saturated carbocycles. The van der Waals surface area contributed by atoms with Gasteiger partial charge in [0.05, 0.1) is 16.9 Å². The number of aryl methyl sites for hydroxylation is 1. The van der Waals surface area contributed by atoms with Gasteiger partial charge in [0, 0.05) is 12.3 Å². The summed E-state index contributed by atoms with van der Waals surface area (Å²) < 4.78 is 40.9. The fraction of sp³-hybridized carbons (Fsp3) is 0.125. The molecule has 0 aliphatic heterocycles. The summed E-state index contributed by atoms with van der Waals surface area (Å²) >= 11 is 0. The molecule has 3 aromatic rings. The van der Waals surface area contributed by atoms with Crippen LogP contribution in [0.25, 0.3) is 5.69 Å². The van der Waals surface area contributed by atoms with Gasteiger partial charge in [0.1, 0.15) is 11.6 Å². The van der Waals surface area contributed by atoms with Crippen LogP contribution in [0.3, 0.4) is 0 Å². The fourth-order valence-electron chi connectivity index (χ4n) is 2.24. The number of nitrogens with one attached hydrogen (secondary N) is 1. The number of benzene rings is 1. The van der Waals surface area contributed by atoms with Gasteiger partial charge in [0.15, 0.2) is 0 Å². The van der Waals surface area contributed by atoms with Gasteiger partial charge in [-0.1, -0.05) is 18.2 Å². The maximum Gasteiger partial charge on any atom is 0.418 e. The topological polar surface area (TPSA) is 42.7 Å². The van der Waals surface area contributed by atoms with E-state index < -0.39 is 11.7 Å². The lowest BCUT2D eigenvalue weighted by atomic mass is 10.1. The van der Waals surface area contributed by atoms with Crippen LogP contribution in [0, 0.1) is 6.92 Å². The molecule has 0 saturated heterocycles. The molecule has 0 amide bonds. The first-order chi connectivity index (χ1) is 10.9. The number of anilines is 2. The van der Waals surface area contributed by atoms with Crippen LogP contribution in [0.1, 0.15) is 11.3 Å². The van der Waals surface area contributed by atoms with Crippen molar-refractivity contribution in [3.63, 3.8) is 0 Å². The van der Waals surface area contributed by atoms with Crippen LogP contribution in [-0.2, 0) is 6.18 Å². The van der Waals surface area contributed by atoms with E-state index in [1.807, 2.05) is 0 Å². The maximum atomic E-state index is 13.2. The summed E-state index contributed by atoms with van der Waals surface area (Å²) in [5, 5.41) is 7.17. The van der Waals surface area contributed by atoms with Crippen molar-refractivity contribution in [2.75, 3.05) is 5.32 Å². The lowest BCUT2D eigenvalue weighted by molar-refractivity contribution is -0.137. The molecule has 0 spiro atoms. The van der Waals surface area contributed by atoms with E-state index in [9.17, 15) is 13.2 Å². The predicted octanol–water partition coefficient (Wildman–Crippen LogP) is 4.34. The summed E-state index contributed by atoms with van der Waals surface area (Å²) in [5.74, 6) is 0.941. The minimum Gasteiger partial charge on any atom is -0.325 e.